The number of para-hydroxylation sites is 1. The molecule has 0 aliphatic rings. The molecule has 0 fully saturated rings. The van der Waals surface area contributed by atoms with Gasteiger partial charge in [-0.3, -0.25) is 9.10 Å². The van der Waals surface area contributed by atoms with Crippen LogP contribution in [0, 0.1) is 5.92 Å². The summed E-state index contributed by atoms with van der Waals surface area (Å²) in [6.07, 6.45) is 1.48. The third-order valence-corrected chi connectivity index (χ3v) is 6.71. The predicted octanol–water partition coefficient (Wildman–Crippen LogP) is 4.47. The number of hydrogen-bond donors (Lipinski definition) is 1. The van der Waals surface area contributed by atoms with E-state index in [0.717, 1.165) is 15.6 Å². The van der Waals surface area contributed by atoms with Crippen LogP contribution in [0.1, 0.15) is 26.3 Å². The van der Waals surface area contributed by atoms with Crippen molar-refractivity contribution in [3.05, 3.63) is 84.4 Å². The van der Waals surface area contributed by atoms with Crippen molar-refractivity contribution < 1.29 is 22.7 Å². The van der Waals surface area contributed by atoms with Crippen LogP contribution in [0.15, 0.2) is 88.9 Å². The van der Waals surface area contributed by atoms with Gasteiger partial charge in [-0.2, -0.15) is 5.10 Å². The van der Waals surface area contributed by atoms with Crippen molar-refractivity contribution in [2.75, 3.05) is 24.1 Å². The maximum Gasteiger partial charge on any atom is 0.264 e. The number of sulfonamides is 1. The van der Waals surface area contributed by atoms with Crippen LogP contribution in [0.3, 0.4) is 0 Å². The van der Waals surface area contributed by atoms with E-state index in [-0.39, 0.29) is 4.90 Å². The number of nitrogens with zero attached hydrogens (tertiary/aromatic N) is 2. The van der Waals surface area contributed by atoms with Gasteiger partial charge in [0.05, 0.1) is 30.0 Å². The highest BCUT2D eigenvalue weighted by Gasteiger charge is 2.27. The Labute approximate surface area is 212 Å². The average Bonchev–Trinajstić information content (AvgIpc) is 2.88. The number of anilines is 1. The fourth-order valence-electron chi connectivity index (χ4n) is 3.17. The zero-order chi connectivity index (χ0) is 26.0. The Hall–Kier alpha value is -3.85. The summed E-state index contributed by atoms with van der Waals surface area (Å²) in [5.74, 6) is 1.16. The zero-order valence-corrected chi connectivity index (χ0v) is 21.4. The second kappa shape index (κ2) is 12.7. The lowest BCUT2D eigenvalue weighted by Gasteiger charge is -2.23. The van der Waals surface area contributed by atoms with Gasteiger partial charge < -0.3 is 9.47 Å². The molecule has 3 rings (SSSR count). The molecule has 0 aliphatic heterocycles. The molecular formula is C27H31N3O5S. The first-order valence-electron chi connectivity index (χ1n) is 11.6. The Balaban J connectivity index is 1.70. The van der Waals surface area contributed by atoms with Gasteiger partial charge in [-0.1, -0.05) is 32.0 Å². The van der Waals surface area contributed by atoms with Gasteiger partial charge in [0.2, 0.25) is 0 Å². The minimum Gasteiger partial charge on any atom is -0.494 e. The van der Waals surface area contributed by atoms with Crippen molar-refractivity contribution in [2.45, 2.75) is 25.7 Å². The monoisotopic (exact) mass is 509 g/mol. The van der Waals surface area contributed by atoms with E-state index in [1.807, 2.05) is 31.2 Å². The first-order chi connectivity index (χ1) is 17.3. The van der Waals surface area contributed by atoms with Crippen molar-refractivity contribution in [3.8, 4) is 11.5 Å². The SMILES string of the molecule is CCOc1ccc(S(=O)(=O)N(CC(=O)N/N=C\c2ccc(OCC(C)C)cc2)c2ccccc2)cc1. The molecule has 0 saturated heterocycles. The van der Waals surface area contributed by atoms with E-state index in [2.05, 4.69) is 24.4 Å². The Morgan fingerprint density at radius 3 is 2.17 bits per heavy atom. The Morgan fingerprint density at radius 1 is 0.944 bits per heavy atom. The maximum absolute atomic E-state index is 13.4. The molecule has 0 bridgehead atoms. The lowest BCUT2D eigenvalue weighted by Crippen LogP contribution is -2.39. The summed E-state index contributed by atoms with van der Waals surface area (Å²) in [5, 5.41) is 3.98. The van der Waals surface area contributed by atoms with Crippen LogP contribution in [-0.2, 0) is 14.8 Å². The third-order valence-electron chi connectivity index (χ3n) is 4.92. The highest BCUT2D eigenvalue weighted by Crippen LogP contribution is 2.25. The van der Waals surface area contributed by atoms with Crippen molar-refractivity contribution in [1.29, 1.82) is 0 Å². The Kier molecular flexibility index (Phi) is 9.46. The molecule has 0 aliphatic carbocycles. The van der Waals surface area contributed by atoms with E-state index in [1.54, 1.807) is 42.5 Å². The van der Waals surface area contributed by atoms with Crippen molar-refractivity contribution in [2.24, 2.45) is 11.0 Å². The van der Waals surface area contributed by atoms with Crippen molar-refractivity contribution in [3.63, 3.8) is 0 Å². The van der Waals surface area contributed by atoms with Gasteiger partial charge in [0.1, 0.15) is 18.0 Å². The summed E-state index contributed by atoms with van der Waals surface area (Å²) in [6.45, 7) is 6.65. The number of hydrazone groups is 1. The first-order valence-corrected chi connectivity index (χ1v) is 13.1. The second-order valence-corrected chi connectivity index (χ2v) is 10.2. The molecule has 0 atom stereocenters. The molecule has 8 nitrogen and oxygen atoms in total. The highest BCUT2D eigenvalue weighted by atomic mass is 32.2. The van der Waals surface area contributed by atoms with E-state index in [0.29, 0.717) is 30.6 Å². The summed E-state index contributed by atoms with van der Waals surface area (Å²) in [7, 11) is -4.02. The van der Waals surface area contributed by atoms with Gasteiger partial charge in [-0.15, -0.1) is 0 Å². The van der Waals surface area contributed by atoms with Crippen LogP contribution in [0.4, 0.5) is 5.69 Å². The van der Waals surface area contributed by atoms with Gasteiger partial charge in [0.15, 0.2) is 0 Å². The molecule has 0 saturated carbocycles. The van der Waals surface area contributed by atoms with Crippen LogP contribution in [0.25, 0.3) is 0 Å². The molecule has 0 unspecified atom stereocenters. The first kappa shape index (κ1) is 26.7. The standard InChI is InChI=1S/C27H31N3O5S/c1-4-34-24-14-16-26(17-15-24)36(32,33)30(23-8-6-5-7-9-23)19-27(31)29-28-18-22-10-12-25(13-11-22)35-20-21(2)3/h5-18,21H,4,19-20H2,1-3H3,(H,29,31)/b28-18-. The molecule has 3 aromatic rings. The van der Waals surface area contributed by atoms with Gasteiger partial charge in [-0.05, 0) is 79.1 Å². The molecule has 1 N–H and O–H groups in total. The molecule has 36 heavy (non-hydrogen) atoms. The van der Waals surface area contributed by atoms with Crippen LogP contribution in [-0.4, -0.2) is 40.3 Å². The fourth-order valence-corrected chi connectivity index (χ4v) is 4.59. The molecule has 0 radical (unpaired) electrons. The quantitative estimate of drug-likeness (QED) is 0.287. The summed E-state index contributed by atoms with van der Waals surface area (Å²) in [5.41, 5.74) is 3.53. The van der Waals surface area contributed by atoms with Crippen LogP contribution in [0.2, 0.25) is 0 Å². The van der Waals surface area contributed by atoms with Gasteiger partial charge in [-0.25, -0.2) is 13.8 Å². The number of nitrogens with one attached hydrogen (secondary N) is 1. The molecule has 0 spiro atoms. The maximum atomic E-state index is 13.4. The number of benzene rings is 3. The molecule has 0 aromatic heterocycles. The number of rotatable bonds is 12. The fraction of sp³-hybridized carbons (Fsp3) is 0.259. The average molecular weight is 510 g/mol. The minimum absolute atomic E-state index is 0.0471. The molecule has 190 valence electrons. The third kappa shape index (κ3) is 7.58. The Morgan fingerprint density at radius 2 is 1.56 bits per heavy atom. The number of hydrogen-bond acceptors (Lipinski definition) is 6. The van der Waals surface area contributed by atoms with E-state index in [9.17, 15) is 13.2 Å². The molecule has 0 heterocycles. The molecule has 9 heteroatoms. The predicted molar refractivity (Wildman–Crippen MR) is 141 cm³/mol. The topological polar surface area (TPSA) is 97.3 Å². The summed E-state index contributed by atoms with van der Waals surface area (Å²) >= 11 is 0. The van der Waals surface area contributed by atoms with Crippen LogP contribution >= 0.6 is 0 Å². The molecule has 1 amide bonds. The molecular weight excluding hydrogens is 478 g/mol. The number of carbonyl (C=O) groups is 1. The highest BCUT2D eigenvalue weighted by molar-refractivity contribution is 7.92. The lowest BCUT2D eigenvalue weighted by atomic mass is 10.2. The zero-order valence-electron chi connectivity index (χ0n) is 20.6. The van der Waals surface area contributed by atoms with E-state index < -0.39 is 22.5 Å². The number of carbonyl (C=O) groups excluding carboxylic acids is 1. The summed E-state index contributed by atoms with van der Waals surface area (Å²) in [4.78, 5) is 12.7. The smallest absolute Gasteiger partial charge is 0.264 e. The van der Waals surface area contributed by atoms with E-state index in [4.69, 9.17) is 9.47 Å². The van der Waals surface area contributed by atoms with Crippen LogP contribution < -0.4 is 19.2 Å². The number of amides is 1. The second-order valence-electron chi connectivity index (χ2n) is 8.32. The Bertz CT molecular complexity index is 1240. The summed E-state index contributed by atoms with van der Waals surface area (Å²) < 4.78 is 38.9. The van der Waals surface area contributed by atoms with Crippen molar-refractivity contribution >= 4 is 27.8 Å². The lowest BCUT2D eigenvalue weighted by molar-refractivity contribution is -0.119. The molecule has 3 aromatic carbocycles. The van der Waals surface area contributed by atoms with Crippen molar-refractivity contribution in [1.82, 2.24) is 5.43 Å². The van der Waals surface area contributed by atoms with Gasteiger partial charge >= 0.3 is 0 Å². The van der Waals surface area contributed by atoms with Gasteiger partial charge in [0, 0.05) is 0 Å². The van der Waals surface area contributed by atoms with E-state index in [1.165, 1.54) is 18.3 Å². The van der Waals surface area contributed by atoms with Crippen LogP contribution in [0.5, 0.6) is 11.5 Å². The number of ether oxygens (including phenoxy) is 2. The van der Waals surface area contributed by atoms with E-state index >= 15 is 0 Å². The largest absolute Gasteiger partial charge is 0.494 e. The normalized spacial score (nSPS) is 11.4. The minimum atomic E-state index is -4.02. The van der Waals surface area contributed by atoms with Gasteiger partial charge in [0.25, 0.3) is 15.9 Å². The summed E-state index contributed by atoms with van der Waals surface area (Å²) in [6, 6.07) is 21.8.